The van der Waals surface area contributed by atoms with E-state index in [-0.39, 0.29) is 0 Å². The zero-order chi connectivity index (χ0) is 15.6. The normalized spacial score (nSPS) is 23.8. The fourth-order valence-corrected chi connectivity index (χ4v) is 4.49. The van der Waals surface area contributed by atoms with Crippen molar-refractivity contribution in [3.8, 4) is 0 Å². The van der Waals surface area contributed by atoms with Crippen LogP contribution in [0.4, 0.5) is 0 Å². The van der Waals surface area contributed by atoms with Gasteiger partial charge >= 0.3 is 0 Å². The summed E-state index contributed by atoms with van der Waals surface area (Å²) >= 11 is 0. The number of rotatable bonds is 6. The predicted molar refractivity (Wildman–Crippen MR) is 82.5 cm³/mol. The van der Waals surface area contributed by atoms with E-state index >= 15 is 0 Å². The molecule has 1 fully saturated rings. The van der Waals surface area contributed by atoms with Crippen LogP contribution in [0.3, 0.4) is 0 Å². The average molecular weight is 314 g/mol. The van der Waals surface area contributed by atoms with Gasteiger partial charge in [0.15, 0.2) is 0 Å². The standard InChI is InChI=1S/C15H26N2O3S/c1-5-6-16-8-14-7-15(13(4)20-14)21(18,19)17-9-11(2)12(3)10-17/h7,11-12,16H,5-6,8-10H2,1-4H3. The molecule has 5 nitrogen and oxygen atoms in total. The van der Waals surface area contributed by atoms with Gasteiger partial charge in [-0.15, -0.1) is 0 Å². The molecule has 2 rings (SSSR count). The predicted octanol–water partition coefficient (Wildman–Crippen LogP) is 2.36. The van der Waals surface area contributed by atoms with Gasteiger partial charge < -0.3 is 9.73 Å². The van der Waals surface area contributed by atoms with E-state index in [1.165, 1.54) is 0 Å². The van der Waals surface area contributed by atoms with Gasteiger partial charge in [-0.3, -0.25) is 0 Å². The highest BCUT2D eigenvalue weighted by Crippen LogP contribution is 2.30. The van der Waals surface area contributed by atoms with Crippen LogP contribution in [0.25, 0.3) is 0 Å². The van der Waals surface area contributed by atoms with Crippen molar-refractivity contribution in [2.24, 2.45) is 11.8 Å². The van der Waals surface area contributed by atoms with E-state index in [1.807, 2.05) is 0 Å². The van der Waals surface area contributed by atoms with Crippen molar-refractivity contribution in [3.05, 3.63) is 17.6 Å². The Labute approximate surface area is 127 Å². The van der Waals surface area contributed by atoms with Crippen LogP contribution in [0.1, 0.15) is 38.7 Å². The number of hydrogen-bond donors (Lipinski definition) is 1. The Morgan fingerprint density at radius 3 is 2.52 bits per heavy atom. The van der Waals surface area contributed by atoms with Gasteiger partial charge in [-0.05, 0) is 31.7 Å². The number of aryl methyl sites for hydroxylation is 1. The molecule has 2 atom stereocenters. The first-order valence-corrected chi connectivity index (χ1v) is 9.10. The summed E-state index contributed by atoms with van der Waals surface area (Å²) < 4.78 is 32.6. The molecule has 0 aromatic carbocycles. The topological polar surface area (TPSA) is 62.6 Å². The molecule has 2 unspecified atom stereocenters. The second-order valence-corrected chi connectivity index (χ2v) is 7.99. The lowest BCUT2D eigenvalue weighted by Crippen LogP contribution is -2.29. The van der Waals surface area contributed by atoms with Gasteiger partial charge in [0.2, 0.25) is 10.0 Å². The lowest BCUT2D eigenvalue weighted by atomic mass is 10.0. The zero-order valence-corrected chi connectivity index (χ0v) is 14.2. The van der Waals surface area contributed by atoms with E-state index in [2.05, 4.69) is 26.1 Å². The summed E-state index contributed by atoms with van der Waals surface area (Å²) in [6.45, 7) is 10.7. The molecule has 1 aliphatic rings. The molecule has 1 aromatic heterocycles. The molecule has 2 heterocycles. The summed E-state index contributed by atoms with van der Waals surface area (Å²) in [5.74, 6) is 1.96. The summed E-state index contributed by atoms with van der Waals surface area (Å²) in [5, 5.41) is 3.22. The third-order valence-corrected chi connectivity index (χ3v) is 6.16. The monoisotopic (exact) mass is 314 g/mol. The smallest absolute Gasteiger partial charge is 0.246 e. The quantitative estimate of drug-likeness (QED) is 0.819. The third kappa shape index (κ3) is 3.49. The van der Waals surface area contributed by atoms with Crippen molar-refractivity contribution in [1.29, 1.82) is 0 Å². The molecule has 0 aliphatic carbocycles. The van der Waals surface area contributed by atoms with Gasteiger partial charge in [0, 0.05) is 19.2 Å². The van der Waals surface area contributed by atoms with Crippen LogP contribution in [0.5, 0.6) is 0 Å². The third-order valence-electron chi connectivity index (χ3n) is 4.22. The van der Waals surface area contributed by atoms with Crippen molar-refractivity contribution in [3.63, 3.8) is 0 Å². The van der Waals surface area contributed by atoms with Crippen molar-refractivity contribution >= 4 is 10.0 Å². The second kappa shape index (κ2) is 6.50. The molecule has 6 heteroatoms. The average Bonchev–Trinajstić information content (AvgIpc) is 2.95. The minimum Gasteiger partial charge on any atom is -0.464 e. The van der Waals surface area contributed by atoms with Crippen molar-refractivity contribution in [2.45, 2.75) is 45.6 Å². The van der Waals surface area contributed by atoms with Gasteiger partial charge in [0.25, 0.3) is 0 Å². The van der Waals surface area contributed by atoms with Crippen molar-refractivity contribution in [2.75, 3.05) is 19.6 Å². The van der Waals surface area contributed by atoms with Crippen LogP contribution in [0.15, 0.2) is 15.4 Å². The summed E-state index contributed by atoms with van der Waals surface area (Å²) in [4.78, 5) is 0.317. The van der Waals surface area contributed by atoms with Crippen molar-refractivity contribution in [1.82, 2.24) is 9.62 Å². The van der Waals surface area contributed by atoms with E-state index < -0.39 is 10.0 Å². The Morgan fingerprint density at radius 2 is 1.95 bits per heavy atom. The molecule has 120 valence electrons. The first kappa shape index (κ1) is 16.5. The summed E-state index contributed by atoms with van der Waals surface area (Å²) in [5.41, 5.74) is 0. The Bertz CT molecular complexity index is 570. The SMILES string of the molecule is CCCNCc1cc(S(=O)(=O)N2CC(C)C(C)C2)c(C)o1. The number of hydrogen-bond acceptors (Lipinski definition) is 4. The number of sulfonamides is 1. The Hall–Kier alpha value is -0.850. The zero-order valence-electron chi connectivity index (χ0n) is 13.3. The summed E-state index contributed by atoms with van der Waals surface area (Å²) in [7, 11) is -3.43. The van der Waals surface area contributed by atoms with Crippen LogP contribution in [-0.2, 0) is 16.6 Å². The molecular weight excluding hydrogens is 288 g/mol. The molecule has 0 bridgehead atoms. The largest absolute Gasteiger partial charge is 0.464 e. The second-order valence-electron chi connectivity index (χ2n) is 6.09. The molecule has 1 saturated heterocycles. The fraction of sp³-hybridized carbons (Fsp3) is 0.733. The van der Waals surface area contributed by atoms with E-state index in [4.69, 9.17) is 4.42 Å². The highest BCUT2D eigenvalue weighted by Gasteiger charge is 2.36. The lowest BCUT2D eigenvalue weighted by Gasteiger charge is -2.15. The Kier molecular flexibility index (Phi) is 5.11. The lowest BCUT2D eigenvalue weighted by molar-refractivity contribution is 0.447. The molecule has 1 N–H and O–H groups in total. The molecule has 0 amide bonds. The molecule has 0 radical (unpaired) electrons. The number of nitrogens with zero attached hydrogens (tertiary/aromatic N) is 1. The molecule has 0 saturated carbocycles. The van der Waals surface area contributed by atoms with E-state index in [1.54, 1.807) is 17.3 Å². The maximum absolute atomic E-state index is 12.7. The minimum atomic E-state index is -3.43. The van der Waals surface area contributed by atoms with E-state index in [0.29, 0.717) is 47.9 Å². The first-order valence-electron chi connectivity index (χ1n) is 7.66. The van der Waals surface area contributed by atoms with Crippen LogP contribution >= 0.6 is 0 Å². The van der Waals surface area contributed by atoms with Gasteiger partial charge in [-0.25, -0.2) is 8.42 Å². The van der Waals surface area contributed by atoms with Gasteiger partial charge in [-0.2, -0.15) is 4.31 Å². The highest BCUT2D eigenvalue weighted by atomic mass is 32.2. The highest BCUT2D eigenvalue weighted by molar-refractivity contribution is 7.89. The molecule has 21 heavy (non-hydrogen) atoms. The Morgan fingerprint density at radius 1 is 1.33 bits per heavy atom. The van der Waals surface area contributed by atoms with E-state index in [9.17, 15) is 8.42 Å². The molecule has 1 aromatic rings. The molecule has 0 spiro atoms. The van der Waals surface area contributed by atoms with Crippen LogP contribution < -0.4 is 5.32 Å². The Balaban J connectivity index is 2.17. The maximum atomic E-state index is 12.7. The molecule has 1 aliphatic heterocycles. The van der Waals surface area contributed by atoms with Crippen molar-refractivity contribution < 1.29 is 12.8 Å². The van der Waals surface area contributed by atoms with Crippen LogP contribution in [0.2, 0.25) is 0 Å². The maximum Gasteiger partial charge on any atom is 0.246 e. The minimum absolute atomic E-state index is 0.317. The molecular formula is C15H26N2O3S. The summed E-state index contributed by atoms with van der Waals surface area (Å²) in [6, 6.07) is 1.67. The number of nitrogens with one attached hydrogen (secondary N) is 1. The van der Waals surface area contributed by atoms with E-state index in [0.717, 1.165) is 13.0 Å². The first-order chi connectivity index (χ1) is 9.86. The summed E-state index contributed by atoms with van der Waals surface area (Å²) in [6.07, 6.45) is 1.04. The fourth-order valence-electron chi connectivity index (χ4n) is 2.67. The van der Waals surface area contributed by atoms with Gasteiger partial charge in [0.1, 0.15) is 16.4 Å². The van der Waals surface area contributed by atoms with Gasteiger partial charge in [0.05, 0.1) is 6.54 Å². The number of furan rings is 1. The van der Waals surface area contributed by atoms with Crippen LogP contribution in [-0.4, -0.2) is 32.4 Å². The van der Waals surface area contributed by atoms with Gasteiger partial charge in [-0.1, -0.05) is 20.8 Å². The van der Waals surface area contributed by atoms with Crippen LogP contribution in [0, 0.1) is 18.8 Å².